The van der Waals surface area contributed by atoms with Gasteiger partial charge in [0.05, 0.1) is 6.07 Å². The predicted octanol–water partition coefficient (Wildman–Crippen LogP) is 4.47. The lowest BCUT2D eigenvalue weighted by molar-refractivity contribution is 0.274. The van der Waals surface area contributed by atoms with Crippen LogP contribution in [0.5, 0.6) is 0 Å². The van der Waals surface area contributed by atoms with Gasteiger partial charge in [0.25, 0.3) is 0 Å². The molecule has 1 saturated heterocycles. The van der Waals surface area contributed by atoms with Crippen molar-refractivity contribution in [2.75, 3.05) is 19.6 Å². The SMILES string of the molecule is CC(C)CN1CC[C@@H](C(C#N)(c2ccccc2)c2ccccc2)C1. The van der Waals surface area contributed by atoms with Gasteiger partial charge in [0.15, 0.2) is 0 Å². The summed E-state index contributed by atoms with van der Waals surface area (Å²) in [4.78, 5) is 2.52. The van der Waals surface area contributed by atoms with Crippen LogP contribution in [0.1, 0.15) is 31.4 Å². The van der Waals surface area contributed by atoms with Crippen LogP contribution < -0.4 is 0 Å². The second kappa shape index (κ2) is 7.20. The minimum Gasteiger partial charge on any atom is -0.303 e. The second-order valence-electron chi connectivity index (χ2n) is 7.29. The lowest BCUT2D eigenvalue weighted by Crippen LogP contribution is -2.37. The van der Waals surface area contributed by atoms with Gasteiger partial charge in [-0.2, -0.15) is 5.26 Å². The highest BCUT2D eigenvalue weighted by molar-refractivity contribution is 5.47. The maximum Gasteiger partial charge on any atom is 0.111 e. The number of nitrogens with zero attached hydrogens (tertiary/aromatic N) is 2. The van der Waals surface area contributed by atoms with E-state index in [0.29, 0.717) is 11.8 Å². The summed E-state index contributed by atoms with van der Waals surface area (Å²) in [6.45, 7) is 7.72. The van der Waals surface area contributed by atoms with Crippen LogP contribution in [0.15, 0.2) is 60.7 Å². The van der Waals surface area contributed by atoms with Crippen LogP contribution in [0.3, 0.4) is 0 Å². The van der Waals surface area contributed by atoms with Crippen LogP contribution in [-0.4, -0.2) is 24.5 Å². The average Bonchev–Trinajstić information content (AvgIpc) is 3.06. The van der Waals surface area contributed by atoms with Crippen LogP contribution in [-0.2, 0) is 5.41 Å². The van der Waals surface area contributed by atoms with Crippen LogP contribution >= 0.6 is 0 Å². The summed E-state index contributed by atoms with van der Waals surface area (Å²) in [7, 11) is 0. The summed E-state index contributed by atoms with van der Waals surface area (Å²) < 4.78 is 0. The molecule has 24 heavy (non-hydrogen) atoms. The molecular formula is C22H26N2. The van der Waals surface area contributed by atoms with Crippen LogP contribution in [0.4, 0.5) is 0 Å². The van der Waals surface area contributed by atoms with Gasteiger partial charge >= 0.3 is 0 Å². The normalized spacial score (nSPS) is 18.7. The molecule has 0 amide bonds. The van der Waals surface area contributed by atoms with Gasteiger partial charge in [0.2, 0.25) is 0 Å². The first kappa shape index (κ1) is 16.7. The number of hydrogen-bond acceptors (Lipinski definition) is 2. The van der Waals surface area contributed by atoms with Crippen molar-refractivity contribution in [1.29, 1.82) is 5.26 Å². The Morgan fingerprint density at radius 2 is 1.58 bits per heavy atom. The van der Waals surface area contributed by atoms with E-state index in [0.717, 1.165) is 37.2 Å². The van der Waals surface area contributed by atoms with Crippen molar-refractivity contribution in [3.05, 3.63) is 71.8 Å². The summed E-state index contributed by atoms with van der Waals surface area (Å²) >= 11 is 0. The molecule has 0 radical (unpaired) electrons. The van der Waals surface area contributed by atoms with E-state index in [1.54, 1.807) is 0 Å². The first-order valence-corrected chi connectivity index (χ1v) is 8.91. The predicted molar refractivity (Wildman–Crippen MR) is 98.7 cm³/mol. The van der Waals surface area contributed by atoms with E-state index >= 15 is 0 Å². The molecule has 0 saturated carbocycles. The molecule has 1 atom stereocenters. The Labute approximate surface area is 145 Å². The molecule has 1 aliphatic heterocycles. The maximum absolute atomic E-state index is 10.3. The fourth-order valence-corrected chi connectivity index (χ4v) is 4.13. The van der Waals surface area contributed by atoms with E-state index in [4.69, 9.17) is 0 Å². The summed E-state index contributed by atoms with van der Waals surface area (Å²) in [6.07, 6.45) is 1.07. The minimum absolute atomic E-state index is 0.325. The number of likely N-dealkylation sites (tertiary alicyclic amines) is 1. The molecule has 124 valence electrons. The van der Waals surface area contributed by atoms with Crippen molar-refractivity contribution in [3.8, 4) is 6.07 Å². The minimum atomic E-state index is -0.561. The first-order chi connectivity index (χ1) is 11.7. The van der Waals surface area contributed by atoms with Gasteiger partial charge < -0.3 is 4.90 Å². The van der Waals surface area contributed by atoms with E-state index in [1.165, 1.54) is 0 Å². The molecule has 2 aromatic carbocycles. The van der Waals surface area contributed by atoms with Crippen molar-refractivity contribution < 1.29 is 0 Å². The number of rotatable bonds is 5. The van der Waals surface area contributed by atoms with Gasteiger partial charge in [-0.05, 0) is 35.9 Å². The van der Waals surface area contributed by atoms with E-state index in [2.05, 4.69) is 49.1 Å². The third-order valence-corrected chi connectivity index (χ3v) is 5.14. The van der Waals surface area contributed by atoms with Gasteiger partial charge in [-0.3, -0.25) is 0 Å². The summed E-state index contributed by atoms with van der Waals surface area (Å²) in [5.74, 6) is 0.986. The molecule has 0 unspecified atom stereocenters. The van der Waals surface area contributed by atoms with Crippen molar-refractivity contribution >= 4 is 0 Å². The molecule has 1 fully saturated rings. The molecule has 0 aromatic heterocycles. The highest BCUT2D eigenvalue weighted by atomic mass is 15.1. The standard InChI is InChI=1S/C22H26N2/c1-18(2)15-24-14-13-21(16-24)22(17-23,19-9-5-3-6-10-19)20-11-7-4-8-12-20/h3-12,18,21H,13-16H2,1-2H3/t21-/m1/s1. The quantitative estimate of drug-likeness (QED) is 0.813. The van der Waals surface area contributed by atoms with E-state index in [1.807, 2.05) is 36.4 Å². The maximum atomic E-state index is 10.3. The van der Waals surface area contributed by atoms with E-state index in [-0.39, 0.29) is 0 Å². The molecule has 2 nitrogen and oxygen atoms in total. The van der Waals surface area contributed by atoms with Crippen molar-refractivity contribution in [1.82, 2.24) is 4.90 Å². The molecule has 0 spiro atoms. The third-order valence-electron chi connectivity index (χ3n) is 5.14. The van der Waals surface area contributed by atoms with Crippen molar-refractivity contribution in [2.24, 2.45) is 11.8 Å². The van der Waals surface area contributed by atoms with Gasteiger partial charge in [-0.15, -0.1) is 0 Å². The van der Waals surface area contributed by atoms with Crippen LogP contribution in [0.2, 0.25) is 0 Å². The Morgan fingerprint density at radius 3 is 2.04 bits per heavy atom. The van der Waals surface area contributed by atoms with Crippen LogP contribution in [0, 0.1) is 23.2 Å². The Hall–Kier alpha value is -2.11. The number of hydrogen-bond donors (Lipinski definition) is 0. The summed E-state index contributed by atoms with van der Waals surface area (Å²) in [6, 6.07) is 23.4. The third kappa shape index (κ3) is 3.09. The topological polar surface area (TPSA) is 27.0 Å². The van der Waals surface area contributed by atoms with E-state index in [9.17, 15) is 5.26 Å². The fraction of sp³-hybridized carbons (Fsp3) is 0.409. The highest BCUT2D eigenvalue weighted by Crippen LogP contribution is 2.43. The van der Waals surface area contributed by atoms with E-state index < -0.39 is 5.41 Å². The molecular weight excluding hydrogens is 292 g/mol. The molecule has 3 rings (SSSR count). The van der Waals surface area contributed by atoms with Gasteiger partial charge in [-0.1, -0.05) is 74.5 Å². The Balaban J connectivity index is 2.02. The number of nitriles is 1. The Bertz CT molecular complexity index is 645. The molecule has 1 aliphatic rings. The molecule has 1 heterocycles. The van der Waals surface area contributed by atoms with Crippen molar-refractivity contribution in [3.63, 3.8) is 0 Å². The lowest BCUT2D eigenvalue weighted by atomic mass is 9.66. The van der Waals surface area contributed by atoms with Gasteiger partial charge in [0.1, 0.15) is 5.41 Å². The Kier molecular flexibility index (Phi) is 5.02. The molecule has 0 aliphatic carbocycles. The largest absolute Gasteiger partial charge is 0.303 e. The molecule has 2 aromatic rings. The smallest absolute Gasteiger partial charge is 0.111 e. The van der Waals surface area contributed by atoms with Gasteiger partial charge in [-0.25, -0.2) is 0 Å². The average molecular weight is 318 g/mol. The molecule has 0 N–H and O–H groups in total. The molecule has 0 bridgehead atoms. The summed E-state index contributed by atoms with van der Waals surface area (Å²) in [5, 5.41) is 10.3. The lowest BCUT2D eigenvalue weighted by Gasteiger charge is -2.34. The summed E-state index contributed by atoms with van der Waals surface area (Å²) in [5.41, 5.74) is 1.68. The monoisotopic (exact) mass is 318 g/mol. The zero-order valence-corrected chi connectivity index (χ0v) is 14.7. The highest BCUT2D eigenvalue weighted by Gasteiger charge is 2.45. The molecule has 2 heteroatoms. The fourth-order valence-electron chi connectivity index (χ4n) is 4.13. The second-order valence-corrected chi connectivity index (χ2v) is 7.29. The van der Waals surface area contributed by atoms with Gasteiger partial charge in [0, 0.05) is 13.1 Å². The van der Waals surface area contributed by atoms with Crippen molar-refractivity contribution in [2.45, 2.75) is 25.7 Å². The zero-order chi connectivity index (χ0) is 17.0. The number of benzene rings is 2. The Morgan fingerprint density at radius 1 is 1.04 bits per heavy atom. The van der Waals surface area contributed by atoms with Crippen LogP contribution in [0.25, 0.3) is 0 Å². The zero-order valence-electron chi connectivity index (χ0n) is 14.7. The first-order valence-electron chi connectivity index (χ1n) is 8.91.